The van der Waals surface area contributed by atoms with Gasteiger partial charge in [-0.3, -0.25) is 4.79 Å². The average molecular weight is 520 g/mol. The fraction of sp³-hybridized carbons (Fsp3) is 0.357. The predicted octanol–water partition coefficient (Wildman–Crippen LogP) is 4.44. The molecule has 3 N–H and O–H groups in total. The van der Waals surface area contributed by atoms with Crippen LogP contribution in [-0.4, -0.2) is 60.1 Å². The maximum absolute atomic E-state index is 11.7. The van der Waals surface area contributed by atoms with Gasteiger partial charge in [-0.2, -0.15) is 15.0 Å². The molecule has 38 heavy (non-hydrogen) atoms. The van der Waals surface area contributed by atoms with E-state index < -0.39 is 0 Å². The van der Waals surface area contributed by atoms with Gasteiger partial charge in [0.15, 0.2) is 0 Å². The summed E-state index contributed by atoms with van der Waals surface area (Å²) in [7, 11) is 5.53. The monoisotopic (exact) mass is 519 g/mol. The van der Waals surface area contributed by atoms with Crippen LogP contribution in [0.3, 0.4) is 0 Å². The van der Waals surface area contributed by atoms with Gasteiger partial charge in [0.05, 0.1) is 12.8 Å². The van der Waals surface area contributed by atoms with Crippen molar-refractivity contribution in [2.24, 2.45) is 0 Å². The summed E-state index contributed by atoms with van der Waals surface area (Å²) in [4.78, 5) is 27.2. The zero-order valence-corrected chi connectivity index (χ0v) is 22.8. The largest absolute Gasteiger partial charge is 0.495 e. The summed E-state index contributed by atoms with van der Waals surface area (Å²) in [6.45, 7) is 13.2. The molecule has 1 amide bonds. The number of carbonyl (C=O) groups is 1. The average Bonchev–Trinajstić information content (AvgIpc) is 2.89. The number of allylic oxidation sites excluding steroid dienone is 4. The van der Waals surface area contributed by atoms with Gasteiger partial charge in [0, 0.05) is 12.7 Å². The predicted molar refractivity (Wildman–Crippen MR) is 151 cm³/mol. The number of benzene rings is 1. The number of nitrogens with one attached hydrogen (secondary N) is 3. The molecule has 0 atom stereocenters. The molecule has 0 unspecified atom stereocenters. The second-order valence-electron chi connectivity index (χ2n) is 9.03. The van der Waals surface area contributed by atoms with Crippen molar-refractivity contribution in [3.63, 3.8) is 0 Å². The van der Waals surface area contributed by atoms with Crippen molar-refractivity contribution in [1.29, 1.82) is 0 Å². The lowest BCUT2D eigenvalue weighted by Gasteiger charge is -2.30. The molecule has 10 nitrogen and oxygen atoms in total. The van der Waals surface area contributed by atoms with E-state index in [1.54, 1.807) is 39.3 Å². The van der Waals surface area contributed by atoms with E-state index in [0.29, 0.717) is 35.0 Å². The molecular formula is C28H37N7O3. The molecule has 2 heterocycles. The highest BCUT2D eigenvalue weighted by molar-refractivity contribution is 5.88. The number of hydrogen-bond acceptors (Lipinski definition) is 9. The standard InChI is InChI=1S/C28H37N7O3/c1-8-10-21(30-25(36)9-2)16-19(4)38-28-33-26(29-5)32-27(34-28)31-23-15-18(3)22(17-24(23)37-7)20-11-13-35(6)14-12-20/h8-10,15-17,20H,1-2,11-14H2,3-7H3,(H,30,36)(H2,29,31,32,33,34)/b19-16+,21-10+. The summed E-state index contributed by atoms with van der Waals surface area (Å²) < 4.78 is 11.6. The third-order valence-electron chi connectivity index (χ3n) is 6.19. The third kappa shape index (κ3) is 7.66. The van der Waals surface area contributed by atoms with Crippen molar-refractivity contribution in [3.8, 4) is 11.8 Å². The number of hydrogen-bond donors (Lipinski definition) is 3. The topological polar surface area (TPSA) is 114 Å². The highest BCUT2D eigenvalue weighted by Gasteiger charge is 2.22. The minimum atomic E-state index is -0.350. The van der Waals surface area contributed by atoms with E-state index in [0.717, 1.165) is 31.6 Å². The third-order valence-corrected chi connectivity index (χ3v) is 6.19. The Morgan fingerprint density at radius 3 is 2.50 bits per heavy atom. The van der Waals surface area contributed by atoms with Crippen molar-refractivity contribution in [1.82, 2.24) is 25.2 Å². The Kier molecular flexibility index (Phi) is 10.0. The lowest BCUT2D eigenvalue weighted by molar-refractivity contribution is -0.115. The first-order valence-electron chi connectivity index (χ1n) is 12.5. The lowest BCUT2D eigenvalue weighted by atomic mass is 9.86. The molecule has 1 fully saturated rings. The van der Waals surface area contributed by atoms with Gasteiger partial charge in [0.2, 0.25) is 17.8 Å². The molecule has 1 aliphatic rings. The first-order valence-corrected chi connectivity index (χ1v) is 12.5. The Morgan fingerprint density at radius 1 is 1.16 bits per heavy atom. The van der Waals surface area contributed by atoms with Crippen LogP contribution in [0.25, 0.3) is 0 Å². The molecule has 0 saturated carbocycles. The lowest BCUT2D eigenvalue weighted by Crippen LogP contribution is -2.29. The molecule has 1 saturated heterocycles. The van der Waals surface area contributed by atoms with E-state index in [-0.39, 0.29) is 11.9 Å². The molecule has 0 spiro atoms. The van der Waals surface area contributed by atoms with E-state index in [9.17, 15) is 4.79 Å². The van der Waals surface area contributed by atoms with E-state index in [4.69, 9.17) is 9.47 Å². The summed E-state index contributed by atoms with van der Waals surface area (Å²) in [6.07, 6.45) is 8.26. The highest BCUT2D eigenvalue weighted by atomic mass is 16.5. The maximum atomic E-state index is 11.7. The number of rotatable bonds is 11. The molecule has 0 radical (unpaired) electrons. The van der Waals surface area contributed by atoms with Crippen LogP contribution in [0.4, 0.5) is 17.6 Å². The minimum absolute atomic E-state index is 0.0761. The molecule has 1 aromatic carbocycles. The fourth-order valence-corrected chi connectivity index (χ4v) is 4.26. The normalized spacial score (nSPS) is 15.0. The zero-order chi connectivity index (χ0) is 27.7. The molecule has 10 heteroatoms. The molecule has 0 bridgehead atoms. The van der Waals surface area contributed by atoms with Crippen LogP contribution in [0.15, 0.2) is 61.1 Å². The van der Waals surface area contributed by atoms with Gasteiger partial charge >= 0.3 is 6.01 Å². The number of ether oxygens (including phenoxy) is 2. The number of piperidine rings is 1. The Hall–Kier alpha value is -4.18. The van der Waals surface area contributed by atoms with Crippen LogP contribution in [0.2, 0.25) is 0 Å². The number of amides is 1. The first kappa shape index (κ1) is 28.4. The summed E-state index contributed by atoms with van der Waals surface area (Å²) in [5.41, 5.74) is 3.72. The fourth-order valence-electron chi connectivity index (χ4n) is 4.26. The molecule has 3 rings (SSSR count). The van der Waals surface area contributed by atoms with Crippen LogP contribution in [-0.2, 0) is 4.79 Å². The number of methoxy groups -OCH3 is 1. The number of anilines is 3. The molecule has 2 aromatic rings. The van der Waals surface area contributed by atoms with E-state index in [1.165, 1.54) is 17.2 Å². The second kappa shape index (κ2) is 13.4. The van der Waals surface area contributed by atoms with Gasteiger partial charge in [0.1, 0.15) is 11.5 Å². The minimum Gasteiger partial charge on any atom is -0.495 e. The Morgan fingerprint density at radius 2 is 1.87 bits per heavy atom. The van der Waals surface area contributed by atoms with Gasteiger partial charge in [-0.25, -0.2) is 0 Å². The number of carbonyl (C=O) groups excluding carboxylic acids is 1. The molecule has 0 aliphatic carbocycles. The number of nitrogens with zero attached hydrogens (tertiary/aromatic N) is 4. The molecule has 1 aromatic heterocycles. The number of aromatic nitrogens is 3. The Labute approximate surface area is 224 Å². The number of aryl methyl sites for hydroxylation is 1. The summed E-state index contributed by atoms with van der Waals surface area (Å²) in [5, 5.41) is 8.87. The zero-order valence-electron chi connectivity index (χ0n) is 22.8. The van der Waals surface area contributed by atoms with Crippen LogP contribution < -0.4 is 25.4 Å². The summed E-state index contributed by atoms with van der Waals surface area (Å²) in [6, 6.07) is 4.26. The van der Waals surface area contributed by atoms with Crippen LogP contribution in [0.5, 0.6) is 11.8 Å². The Bertz CT molecular complexity index is 1230. The van der Waals surface area contributed by atoms with Crippen LogP contribution >= 0.6 is 0 Å². The maximum Gasteiger partial charge on any atom is 0.328 e. The summed E-state index contributed by atoms with van der Waals surface area (Å²) in [5.74, 6) is 1.93. The van der Waals surface area contributed by atoms with Crippen molar-refractivity contribution < 1.29 is 14.3 Å². The molecule has 1 aliphatic heterocycles. The first-order chi connectivity index (χ1) is 18.3. The molecule has 202 valence electrons. The van der Waals surface area contributed by atoms with Crippen molar-refractivity contribution in [2.75, 3.05) is 44.9 Å². The van der Waals surface area contributed by atoms with Crippen molar-refractivity contribution >= 4 is 23.5 Å². The summed E-state index contributed by atoms with van der Waals surface area (Å²) >= 11 is 0. The van der Waals surface area contributed by atoms with Crippen LogP contribution in [0.1, 0.15) is 36.8 Å². The van der Waals surface area contributed by atoms with Crippen molar-refractivity contribution in [2.45, 2.75) is 32.6 Å². The van der Waals surface area contributed by atoms with Crippen molar-refractivity contribution in [3.05, 3.63) is 72.2 Å². The van der Waals surface area contributed by atoms with Gasteiger partial charge in [-0.1, -0.05) is 19.2 Å². The molecular weight excluding hydrogens is 482 g/mol. The van der Waals surface area contributed by atoms with E-state index >= 15 is 0 Å². The van der Waals surface area contributed by atoms with Gasteiger partial charge in [0.25, 0.3) is 0 Å². The highest BCUT2D eigenvalue weighted by Crippen LogP contribution is 2.37. The van der Waals surface area contributed by atoms with Gasteiger partial charge in [-0.15, -0.1) is 0 Å². The second-order valence-corrected chi connectivity index (χ2v) is 9.03. The Balaban J connectivity index is 1.85. The van der Waals surface area contributed by atoms with E-state index in [2.05, 4.69) is 75.1 Å². The smallest absolute Gasteiger partial charge is 0.328 e. The van der Waals surface area contributed by atoms with Gasteiger partial charge in [-0.05, 0) is 94.2 Å². The van der Waals surface area contributed by atoms with Gasteiger partial charge < -0.3 is 30.3 Å². The number of likely N-dealkylation sites (tertiary alicyclic amines) is 1. The van der Waals surface area contributed by atoms with E-state index in [1.807, 2.05) is 0 Å². The quantitative estimate of drug-likeness (QED) is 0.225. The van der Waals surface area contributed by atoms with Crippen LogP contribution in [0, 0.1) is 6.92 Å². The SMILES string of the molecule is C=C/C=C(\C=C(/C)Oc1nc(NC)nc(Nc2cc(C)c(C3CCN(C)CC3)cc2OC)n1)NC(=O)C=C.